The Balaban J connectivity index is 3.16. The topological polar surface area (TPSA) is 22.1 Å². The highest BCUT2D eigenvalue weighted by Crippen LogP contribution is 2.37. The number of hydrogen-bond acceptors (Lipinski definition) is 2. The highest BCUT2D eigenvalue weighted by Gasteiger charge is 2.25. The molecule has 0 spiro atoms. The Kier molecular flexibility index (Phi) is 3.28. The fourth-order valence-electron chi connectivity index (χ4n) is 0.885. The summed E-state index contributed by atoms with van der Waals surface area (Å²) in [5.41, 5.74) is 1.31. The molecule has 5 heteroatoms. The number of methoxy groups -OCH3 is 1. The second-order valence-corrected chi connectivity index (χ2v) is 4.85. The molecule has 2 nitrogen and oxygen atoms in total. The Morgan fingerprint density at radius 2 is 1.92 bits per heavy atom. The SMILES string of the molecule is COc1cc(C)cc(C(Cl)(Cl)Cl)n1. The van der Waals surface area contributed by atoms with E-state index in [1.807, 2.05) is 6.92 Å². The molecule has 0 saturated carbocycles. The predicted octanol–water partition coefficient (Wildman–Crippen LogP) is 3.23. The van der Waals surface area contributed by atoms with Gasteiger partial charge in [-0.3, -0.25) is 0 Å². The smallest absolute Gasteiger partial charge is 0.232 e. The third-order valence-electron chi connectivity index (χ3n) is 1.45. The van der Waals surface area contributed by atoms with Crippen LogP contribution in [-0.4, -0.2) is 12.1 Å². The lowest BCUT2D eigenvalue weighted by Gasteiger charge is -2.11. The van der Waals surface area contributed by atoms with Crippen LogP contribution in [0.1, 0.15) is 11.3 Å². The van der Waals surface area contributed by atoms with Gasteiger partial charge in [0.25, 0.3) is 0 Å². The third kappa shape index (κ3) is 2.90. The quantitative estimate of drug-likeness (QED) is 0.703. The zero-order valence-corrected chi connectivity index (χ0v) is 9.41. The summed E-state index contributed by atoms with van der Waals surface area (Å²) >= 11 is 17.0. The van der Waals surface area contributed by atoms with Crippen molar-refractivity contribution in [3.8, 4) is 5.88 Å². The molecule has 0 atom stereocenters. The molecule has 1 aromatic rings. The van der Waals surface area contributed by atoms with E-state index in [1.54, 1.807) is 12.1 Å². The van der Waals surface area contributed by atoms with Gasteiger partial charge in [-0.25, -0.2) is 4.98 Å². The van der Waals surface area contributed by atoms with Crippen LogP contribution in [-0.2, 0) is 3.79 Å². The molecular formula is C8H8Cl3NO. The third-order valence-corrected chi connectivity index (χ3v) is 2.03. The van der Waals surface area contributed by atoms with Gasteiger partial charge in [-0.2, -0.15) is 0 Å². The Morgan fingerprint density at radius 1 is 1.31 bits per heavy atom. The normalized spacial score (nSPS) is 11.5. The molecule has 0 unspecified atom stereocenters. The Bertz CT molecular complexity index is 309. The predicted molar refractivity (Wildman–Crippen MR) is 54.8 cm³/mol. The summed E-state index contributed by atoms with van der Waals surface area (Å²) in [4.78, 5) is 4.01. The fraction of sp³-hybridized carbons (Fsp3) is 0.375. The number of rotatable bonds is 1. The van der Waals surface area contributed by atoms with E-state index in [0.29, 0.717) is 11.6 Å². The molecule has 13 heavy (non-hydrogen) atoms. The summed E-state index contributed by atoms with van der Waals surface area (Å²) in [6.07, 6.45) is 0. The lowest BCUT2D eigenvalue weighted by Crippen LogP contribution is -2.05. The molecule has 1 aromatic heterocycles. The second-order valence-electron chi connectivity index (χ2n) is 2.57. The first-order valence-corrected chi connectivity index (χ1v) is 4.67. The molecule has 0 amide bonds. The van der Waals surface area contributed by atoms with Crippen molar-refractivity contribution in [1.29, 1.82) is 0 Å². The lowest BCUT2D eigenvalue weighted by atomic mass is 10.2. The van der Waals surface area contributed by atoms with Crippen molar-refractivity contribution in [2.75, 3.05) is 7.11 Å². The number of hydrogen-bond donors (Lipinski definition) is 0. The summed E-state index contributed by atoms with van der Waals surface area (Å²) in [6, 6.07) is 3.47. The van der Waals surface area contributed by atoms with E-state index in [1.165, 1.54) is 7.11 Å². The number of nitrogens with zero attached hydrogens (tertiary/aromatic N) is 1. The van der Waals surface area contributed by atoms with Crippen molar-refractivity contribution < 1.29 is 4.74 Å². The van der Waals surface area contributed by atoms with Gasteiger partial charge in [0.15, 0.2) is 0 Å². The molecule has 0 radical (unpaired) electrons. The molecular weight excluding hydrogens is 232 g/mol. The van der Waals surface area contributed by atoms with Crippen LogP contribution < -0.4 is 4.74 Å². The summed E-state index contributed by atoms with van der Waals surface area (Å²) in [7, 11) is 1.52. The van der Waals surface area contributed by atoms with Crippen molar-refractivity contribution in [1.82, 2.24) is 4.98 Å². The van der Waals surface area contributed by atoms with Crippen LogP contribution in [0.25, 0.3) is 0 Å². The molecule has 0 saturated heterocycles. The van der Waals surface area contributed by atoms with Crippen molar-refractivity contribution in [2.24, 2.45) is 0 Å². The van der Waals surface area contributed by atoms with E-state index in [9.17, 15) is 0 Å². The Labute approximate surface area is 91.8 Å². The minimum atomic E-state index is -1.50. The van der Waals surface area contributed by atoms with E-state index in [0.717, 1.165) is 5.56 Å². The van der Waals surface area contributed by atoms with Crippen molar-refractivity contribution >= 4 is 34.8 Å². The molecule has 0 fully saturated rings. The fourth-order valence-corrected chi connectivity index (χ4v) is 1.18. The van der Waals surface area contributed by atoms with Crippen molar-refractivity contribution in [3.63, 3.8) is 0 Å². The van der Waals surface area contributed by atoms with Crippen LogP contribution in [0.4, 0.5) is 0 Å². The van der Waals surface area contributed by atoms with E-state index in [4.69, 9.17) is 39.5 Å². The first kappa shape index (κ1) is 10.9. The number of aryl methyl sites for hydroxylation is 1. The molecule has 0 aliphatic heterocycles. The van der Waals surface area contributed by atoms with Gasteiger partial charge in [0.1, 0.15) is 0 Å². The number of pyridine rings is 1. The first-order valence-electron chi connectivity index (χ1n) is 3.53. The second kappa shape index (κ2) is 3.91. The zero-order valence-electron chi connectivity index (χ0n) is 7.14. The largest absolute Gasteiger partial charge is 0.481 e. The van der Waals surface area contributed by atoms with E-state index < -0.39 is 3.79 Å². The van der Waals surface area contributed by atoms with E-state index >= 15 is 0 Å². The molecule has 1 rings (SSSR count). The van der Waals surface area contributed by atoms with Gasteiger partial charge >= 0.3 is 0 Å². The molecule has 0 aromatic carbocycles. The van der Waals surface area contributed by atoms with Gasteiger partial charge in [-0.1, -0.05) is 34.8 Å². The summed E-state index contributed by atoms with van der Waals surface area (Å²) in [5, 5.41) is 0. The van der Waals surface area contributed by atoms with Crippen LogP contribution >= 0.6 is 34.8 Å². The van der Waals surface area contributed by atoms with Crippen LogP contribution in [0, 0.1) is 6.92 Å². The summed E-state index contributed by atoms with van der Waals surface area (Å²) in [5.74, 6) is 0.446. The van der Waals surface area contributed by atoms with Crippen LogP contribution in [0.2, 0.25) is 0 Å². The summed E-state index contributed by atoms with van der Waals surface area (Å²) in [6.45, 7) is 1.88. The molecule has 0 N–H and O–H groups in total. The monoisotopic (exact) mass is 239 g/mol. The van der Waals surface area contributed by atoms with Crippen LogP contribution in [0.15, 0.2) is 12.1 Å². The van der Waals surface area contributed by atoms with E-state index in [2.05, 4.69) is 4.98 Å². The molecule has 72 valence electrons. The Hall–Kier alpha value is -0.180. The number of ether oxygens (including phenoxy) is 1. The van der Waals surface area contributed by atoms with Crippen LogP contribution in [0.3, 0.4) is 0 Å². The zero-order chi connectivity index (χ0) is 10.1. The maximum Gasteiger partial charge on any atom is 0.232 e. The highest BCUT2D eigenvalue weighted by atomic mass is 35.6. The number of alkyl halides is 3. The standard InChI is InChI=1S/C8H8Cl3NO/c1-5-3-6(8(9,10)11)12-7(4-5)13-2/h3-4H,1-2H3. The van der Waals surface area contributed by atoms with Gasteiger partial charge in [0.2, 0.25) is 9.67 Å². The maximum absolute atomic E-state index is 5.67. The van der Waals surface area contributed by atoms with Gasteiger partial charge in [0.05, 0.1) is 12.8 Å². The Morgan fingerprint density at radius 3 is 2.38 bits per heavy atom. The van der Waals surface area contributed by atoms with Crippen LogP contribution in [0.5, 0.6) is 5.88 Å². The van der Waals surface area contributed by atoms with E-state index in [-0.39, 0.29) is 0 Å². The number of halogens is 3. The first-order chi connectivity index (χ1) is 5.93. The number of aromatic nitrogens is 1. The summed E-state index contributed by atoms with van der Waals surface area (Å²) < 4.78 is 3.44. The average Bonchev–Trinajstić information content (AvgIpc) is 2.01. The van der Waals surface area contributed by atoms with Crippen molar-refractivity contribution in [3.05, 3.63) is 23.4 Å². The minimum absolute atomic E-state index is 0.370. The highest BCUT2D eigenvalue weighted by molar-refractivity contribution is 6.66. The molecule has 0 bridgehead atoms. The molecule has 0 aliphatic rings. The van der Waals surface area contributed by atoms with Crippen molar-refractivity contribution in [2.45, 2.75) is 10.7 Å². The maximum atomic E-state index is 5.67. The average molecular weight is 241 g/mol. The minimum Gasteiger partial charge on any atom is -0.481 e. The van der Waals surface area contributed by atoms with Gasteiger partial charge in [-0.05, 0) is 18.6 Å². The molecule has 1 heterocycles. The van der Waals surface area contributed by atoms with Gasteiger partial charge < -0.3 is 4.74 Å². The van der Waals surface area contributed by atoms with Gasteiger partial charge in [0, 0.05) is 6.07 Å². The lowest BCUT2D eigenvalue weighted by molar-refractivity contribution is 0.396. The van der Waals surface area contributed by atoms with Gasteiger partial charge in [-0.15, -0.1) is 0 Å². The molecule has 0 aliphatic carbocycles.